The van der Waals surface area contributed by atoms with Crippen molar-refractivity contribution in [1.29, 1.82) is 0 Å². The predicted molar refractivity (Wildman–Crippen MR) is 112 cm³/mol. The molecule has 0 saturated carbocycles. The first-order chi connectivity index (χ1) is 14.6. The van der Waals surface area contributed by atoms with Crippen molar-refractivity contribution in [2.24, 2.45) is 13.0 Å². The molecule has 1 N–H and O–H groups in total. The molecule has 0 aliphatic carbocycles. The molecular weight excluding hydrogens is 409 g/mol. The molecular formula is C22H23F3N4O2. The number of carbonyl (C=O) groups is 1. The molecule has 0 aliphatic heterocycles. The van der Waals surface area contributed by atoms with Crippen LogP contribution in [-0.2, 0) is 7.05 Å². The van der Waals surface area contributed by atoms with Crippen LogP contribution in [0.5, 0.6) is 0 Å². The van der Waals surface area contributed by atoms with Crippen LogP contribution < -0.4 is 10.9 Å². The summed E-state index contributed by atoms with van der Waals surface area (Å²) in [7, 11) is 1.41. The van der Waals surface area contributed by atoms with E-state index in [-0.39, 0.29) is 22.4 Å². The number of anilines is 1. The van der Waals surface area contributed by atoms with Crippen LogP contribution in [0.25, 0.3) is 10.8 Å². The van der Waals surface area contributed by atoms with Crippen LogP contribution in [0.15, 0.2) is 41.2 Å². The minimum atomic E-state index is -1.14. The molecule has 9 heteroatoms. The molecule has 164 valence electrons. The highest BCUT2D eigenvalue weighted by atomic mass is 19.2. The first-order valence-corrected chi connectivity index (χ1v) is 9.77. The third-order valence-electron chi connectivity index (χ3n) is 4.90. The minimum absolute atomic E-state index is 0.0262. The van der Waals surface area contributed by atoms with Crippen molar-refractivity contribution in [2.75, 3.05) is 11.9 Å². The Labute approximate surface area is 177 Å². The van der Waals surface area contributed by atoms with Crippen LogP contribution in [0.4, 0.5) is 23.7 Å². The lowest BCUT2D eigenvalue weighted by Gasteiger charge is -2.31. The standard InChI is InChI=1S/C22H23F3N4O2/c1-12(2)11-29(22(31)26-15-7-5-14(23)6-8-15)13(3)20-16-9-18(24)19(25)10-17(16)21(30)28(4)27-20/h5-10,12-13H,11H2,1-4H3,(H,26,31)/t13-/m0/s1. The quantitative estimate of drug-likeness (QED) is 0.641. The fourth-order valence-corrected chi connectivity index (χ4v) is 3.37. The number of urea groups is 1. The maximum atomic E-state index is 14.0. The molecule has 3 aromatic rings. The predicted octanol–water partition coefficient (Wildman–Crippen LogP) is 4.60. The number of hydrogen-bond donors (Lipinski definition) is 1. The Bertz CT molecular complexity index is 1180. The molecule has 6 nitrogen and oxygen atoms in total. The van der Waals surface area contributed by atoms with Gasteiger partial charge in [-0.1, -0.05) is 13.8 Å². The SMILES string of the molecule is CC(C)CN(C(=O)Nc1ccc(F)cc1)[C@@H](C)c1nn(C)c(=O)c2cc(F)c(F)cc12. The lowest BCUT2D eigenvalue weighted by molar-refractivity contribution is 0.182. The smallest absolute Gasteiger partial charge is 0.316 e. The Kier molecular flexibility index (Phi) is 6.33. The molecule has 0 spiro atoms. The summed E-state index contributed by atoms with van der Waals surface area (Å²) in [4.78, 5) is 26.9. The van der Waals surface area contributed by atoms with Crippen molar-refractivity contribution in [3.63, 3.8) is 0 Å². The Balaban J connectivity index is 2.06. The lowest BCUT2D eigenvalue weighted by Crippen LogP contribution is -2.40. The number of amides is 2. The summed E-state index contributed by atoms with van der Waals surface area (Å²) in [5.41, 5.74) is 0.0840. The van der Waals surface area contributed by atoms with Gasteiger partial charge in [-0.15, -0.1) is 0 Å². The Hall–Kier alpha value is -3.36. The zero-order chi connectivity index (χ0) is 22.9. The highest BCUT2D eigenvalue weighted by Crippen LogP contribution is 2.27. The van der Waals surface area contributed by atoms with Gasteiger partial charge in [-0.2, -0.15) is 5.10 Å². The molecule has 0 aliphatic rings. The number of aromatic nitrogens is 2. The summed E-state index contributed by atoms with van der Waals surface area (Å²) < 4.78 is 42.0. The van der Waals surface area contributed by atoms with E-state index in [1.165, 1.54) is 36.2 Å². The number of benzene rings is 2. The van der Waals surface area contributed by atoms with Gasteiger partial charge in [-0.05, 0) is 49.2 Å². The van der Waals surface area contributed by atoms with Gasteiger partial charge in [0.15, 0.2) is 11.6 Å². The van der Waals surface area contributed by atoms with E-state index in [4.69, 9.17) is 0 Å². The molecule has 0 unspecified atom stereocenters. The third-order valence-corrected chi connectivity index (χ3v) is 4.90. The molecule has 2 aromatic carbocycles. The maximum Gasteiger partial charge on any atom is 0.322 e. The summed E-state index contributed by atoms with van der Waals surface area (Å²) in [5.74, 6) is -2.60. The van der Waals surface area contributed by atoms with Gasteiger partial charge < -0.3 is 10.2 Å². The van der Waals surface area contributed by atoms with Crippen LogP contribution in [0.3, 0.4) is 0 Å². The number of nitrogens with zero attached hydrogens (tertiary/aromatic N) is 3. The van der Waals surface area contributed by atoms with E-state index in [2.05, 4.69) is 10.4 Å². The fourth-order valence-electron chi connectivity index (χ4n) is 3.37. The molecule has 1 aromatic heterocycles. The van der Waals surface area contributed by atoms with Crippen LogP contribution in [0.1, 0.15) is 32.5 Å². The highest BCUT2D eigenvalue weighted by molar-refractivity contribution is 5.90. The number of fused-ring (bicyclic) bond motifs is 1. The average molecular weight is 432 g/mol. The second-order valence-electron chi connectivity index (χ2n) is 7.79. The van der Waals surface area contributed by atoms with Crippen LogP contribution in [-0.4, -0.2) is 27.3 Å². The van der Waals surface area contributed by atoms with E-state index < -0.39 is 35.1 Å². The normalized spacial score (nSPS) is 12.3. The lowest BCUT2D eigenvalue weighted by atomic mass is 10.0. The molecule has 0 fully saturated rings. The van der Waals surface area contributed by atoms with Crippen molar-refractivity contribution < 1.29 is 18.0 Å². The van der Waals surface area contributed by atoms with Gasteiger partial charge in [0.1, 0.15) is 5.82 Å². The second kappa shape index (κ2) is 8.79. The fraction of sp³-hybridized carbons (Fsp3) is 0.318. The zero-order valence-corrected chi connectivity index (χ0v) is 17.6. The van der Waals surface area contributed by atoms with Gasteiger partial charge in [0.25, 0.3) is 5.56 Å². The van der Waals surface area contributed by atoms with Gasteiger partial charge in [-0.3, -0.25) is 4.79 Å². The molecule has 2 amide bonds. The average Bonchev–Trinajstić information content (AvgIpc) is 2.71. The molecule has 31 heavy (non-hydrogen) atoms. The van der Waals surface area contributed by atoms with Gasteiger partial charge in [0, 0.05) is 24.7 Å². The summed E-state index contributed by atoms with van der Waals surface area (Å²) in [6.45, 7) is 5.86. The molecule has 0 radical (unpaired) electrons. The monoisotopic (exact) mass is 432 g/mol. The van der Waals surface area contributed by atoms with Crippen LogP contribution in [0, 0.1) is 23.4 Å². The first kappa shape index (κ1) is 22.3. The van der Waals surface area contributed by atoms with E-state index >= 15 is 0 Å². The first-order valence-electron chi connectivity index (χ1n) is 9.77. The topological polar surface area (TPSA) is 67.2 Å². The van der Waals surface area contributed by atoms with Crippen LogP contribution in [0.2, 0.25) is 0 Å². The summed E-state index contributed by atoms with van der Waals surface area (Å²) in [6.07, 6.45) is 0. The van der Waals surface area contributed by atoms with Gasteiger partial charge in [0.05, 0.1) is 17.1 Å². The number of nitrogens with one attached hydrogen (secondary N) is 1. The van der Waals surface area contributed by atoms with E-state index in [0.717, 1.165) is 16.8 Å². The largest absolute Gasteiger partial charge is 0.322 e. The van der Waals surface area contributed by atoms with Crippen molar-refractivity contribution >= 4 is 22.5 Å². The number of carbonyl (C=O) groups excluding carboxylic acids is 1. The number of aryl methyl sites for hydroxylation is 1. The zero-order valence-electron chi connectivity index (χ0n) is 17.6. The minimum Gasteiger partial charge on any atom is -0.316 e. The number of hydrogen-bond acceptors (Lipinski definition) is 3. The maximum absolute atomic E-state index is 14.0. The van der Waals surface area contributed by atoms with Crippen molar-refractivity contribution in [3.8, 4) is 0 Å². The van der Waals surface area contributed by atoms with E-state index in [0.29, 0.717) is 12.2 Å². The number of rotatable bonds is 5. The van der Waals surface area contributed by atoms with E-state index in [1.807, 2.05) is 13.8 Å². The highest BCUT2D eigenvalue weighted by Gasteiger charge is 2.27. The summed E-state index contributed by atoms with van der Waals surface area (Å²) in [5, 5.41) is 7.07. The van der Waals surface area contributed by atoms with Crippen LogP contribution >= 0.6 is 0 Å². The molecule has 0 saturated heterocycles. The van der Waals surface area contributed by atoms with Crippen molar-refractivity contribution in [3.05, 3.63) is 69.9 Å². The van der Waals surface area contributed by atoms with Gasteiger partial charge in [0.2, 0.25) is 0 Å². The van der Waals surface area contributed by atoms with E-state index in [1.54, 1.807) is 6.92 Å². The van der Waals surface area contributed by atoms with Gasteiger partial charge in [-0.25, -0.2) is 22.6 Å². The Morgan fingerprint density at radius 3 is 2.23 bits per heavy atom. The second-order valence-corrected chi connectivity index (χ2v) is 7.79. The van der Waals surface area contributed by atoms with Gasteiger partial charge >= 0.3 is 6.03 Å². The Morgan fingerprint density at radius 2 is 1.65 bits per heavy atom. The van der Waals surface area contributed by atoms with E-state index in [9.17, 15) is 22.8 Å². The Morgan fingerprint density at radius 1 is 1.06 bits per heavy atom. The third kappa shape index (κ3) is 4.70. The number of halogens is 3. The summed E-state index contributed by atoms with van der Waals surface area (Å²) in [6, 6.07) is 5.94. The molecule has 1 atom stereocenters. The van der Waals surface area contributed by atoms with Crippen molar-refractivity contribution in [1.82, 2.24) is 14.7 Å². The van der Waals surface area contributed by atoms with Crippen molar-refractivity contribution in [2.45, 2.75) is 26.8 Å². The molecule has 1 heterocycles. The molecule has 3 rings (SSSR count). The summed E-state index contributed by atoms with van der Waals surface area (Å²) >= 11 is 0. The molecule has 0 bridgehead atoms.